The van der Waals surface area contributed by atoms with E-state index in [0.29, 0.717) is 11.6 Å². The van der Waals surface area contributed by atoms with Gasteiger partial charge in [-0.3, -0.25) is 4.79 Å². The minimum Gasteiger partial charge on any atom is -0.380 e. The predicted octanol–water partition coefficient (Wildman–Crippen LogP) is 2.21. The van der Waals surface area contributed by atoms with Gasteiger partial charge in [0.25, 0.3) is 0 Å². The summed E-state index contributed by atoms with van der Waals surface area (Å²) in [6.45, 7) is 4.75. The van der Waals surface area contributed by atoms with E-state index in [9.17, 15) is 4.79 Å². The molecule has 100 valence electrons. The zero-order valence-electron chi connectivity index (χ0n) is 10.9. The van der Waals surface area contributed by atoms with Gasteiger partial charge in [0.05, 0.1) is 12.6 Å². The van der Waals surface area contributed by atoms with Gasteiger partial charge >= 0.3 is 0 Å². The molecule has 0 saturated heterocycles. The molecule has 0 bridgehead atoms. The summed E-state index contributed by atoms with van der Waals surface area (Å²) in [5.41, 5.74) is 1.73. The van der Waals surface area contributed by atoms with Crippen molar-refractivity contribution >= 4 is 23.2 Å². The highest BCUT2D eigenvalue weighted by Crippen LogP contribution is 2.19. The van der Waals surface area contributed by atoms with Crippen LogP contribution in [-0.4, -0.2) is 32.2 Å². The topological polar surface area (TPSA) is 50.4 Å². The van der Waals surface area contributed by atoms with E-state index in [4.69, 9.17) is 16.3 Å². The van der Waals surface area contributed by atoms with E-state index in [1.54, 1.807) is 19.2 Å². The third kappa shape index (κ3) is 5.04. The van der Waals surface area contributed by atoms with Gasteiger partial charge in [-0.05, 0) is 31.5 Å². The summed E-state index contributed by atoms with van der Waals surface area (Å²) >= 11 is 5.88. The second-order valence-electron chi connectivity index (χ2n) is 4.18. The minimum atomic E-state index is -0.0938. The van der Waals surface area contributed by atoms with Gasteiger partial charge in [-0.2, -0.15) is 0 Å². The fraction of sp³-hybridized carbons (Fsp3) is 0.462. The number of anilines is 1. The van der Waals surface area contributed by atoms with Crippen molar-refractivity contribution in [2.75, 3.05) is 25.5 Å². The number of benzene rings is 1. The number of nitrogens with one attached hydrogen (secondary N) is 2. The van der Waals surface area contributed by atoms with Crippen LogP contribution in [0.4, 0.5) is 5.69 Å². The summed E-state index contributed by atoms with van der Waals surface area (Å²) < 4.78 is 5.07. The number of hydrogen-bond donors (Lipinski definition) is 2. The van der Waals surface area contributed by atoms with Gasteiger partial charge in [-0.15, -0.1) is 0 Å². The van der Waals surface area contributed by atoms with E-state index in [2.05, 4.69) is 10.6 Å². The van der Waals surface area contributed by atoms with Crippen LogP contribution in [0.2, 0.25) is 5.02 Å². The van der Waals surface area contributed by atoms with Crippen molar-refractivity contribution in [2.45, 2.75) is 20.0 Å². The number of amides is 1. The molecule has 1 atom stereocenters. The SMILES string of the molecule is COC(C)CNCC(=O)Nc1cc(Cl)ccc1C. The fourth-order valence-corrected chi connectivity index (χ4v) is 1.57. The standard InChI is InChI=1S/C13H19ClN2O2/c1-9-4-5-11(14)6-12(9)16-13(17)8-15-7-10(2)18-3/h4-6,10,15H,7-8H2,1-3H3,(H,16,17). The number of carbonyl (C=O) groups excluding carboxylic acids is 1. The first-order valence-electron chi connectivity index (χ1n) is 5.82. The van der Waals surface area contributed by atoms with Crippen LogP contribution in [0.25, 0.3) is 0 Å². The number of ether oxygens (including phenoxy) is 1. The Labute approximate surface area is 113 Å². The lowest BCUT2D eigenvalue weighted by Crippen LogP contribution is -2.33. The zero-order chi connectivity index (χ0) is 13.5. The smallest absolute Gasteiger partial charge is 0.238 e. The molecule has 1 unspecified atom stereocenters. The molecule has 2 N–H and O–H groups in total. The van der Waals surface area contributed by atoms with Crippen LogP contribution in [0.15, 0.2) is 18.2 Å². The zero-order valence-corrected chi connectivity index (χ0v) is 11.7. The molecule has 4 nitrogen and oxygen atoms in total. The first-order valence-corrected chi connectivity index (χ1v) is 6.20. The van der Waals surface area contributed by atoms with Crippen molar-refractivity contribution < 1.29 is 9.53 Å². The number of aryl methyl sites for hydroxylation is 1. The molecular formula is C13H19ClN2O2. The van der Waals surface area contributed by atoms with Crippen molar-refractivity contribution in [3.63, 3.8) is 0 Å². The van der Waals surface area contributed by atoms with E-state index in [-0.39, 0.29) is 18.6 Å². The Hall–Kier alpha value is -1.10. The maximum atomic E-state index is 11.7. The Morgan fingerprint density at radius 3 is 2.89 bits per heavy atom. The highest BCUT2D eigenvalue weighted by atomic mass is 35.5. The lowest BCUT2D eigenvalue weighted by atomic mass is 10.2. The monoisotopic (exact) mass is 270 g/mol. The average Bonchev–Trinajstić information content (AvgIpc) is 2.33. The van der Waals surface area contributed by atoms with Gasteiger partial charge in [-0.25, -0.2) is 0 Å². The molecule has 18 heavy (non-hydrogen) atoms. The molecule has 1 amide bonds. The van der Waals surface area contributed by atoms with Crippen LogP contribution in [-0.2, 0) is 9.53 Å². The van der Waals surface area contributed by atoms with Crippen LogP contribution in [0.5, 0.6) is 0 Å². The normalized spacial score (nSPS) is 12.2. The molecule has 0 aromatic heterocycles. The lowest BCUT2D eigenvalue weighted by Gasteiger charge is -2.12. The summed E-state index contributed by atoms with van der Waals surface area (Å²) in [4.78, 5) is 11.7. The first-order chi connectivity index (χ1) is 8.52. The van der Waals surface area contributed by atoms with Gasteiger partial charge in [0.2, 0.25) is 5.91 Å². The fourth-order valence-electron chi connectivity index (χ4n) is 1.40. The van der Waals surface area contributed by atoms with Gasteiger partial charge in [0, 0.05) is 24.4 Å². The quantitative estimate of drug-likeness (QED) is 0.833. The first kappa shape index (κ1) is 15.0. The van der Waals surface area contributed by atoms with Gasteiger partial charge in [-0.1, -0.05) is 17.7 Å². The van der Waals surface area contributed by atoms with E-state index in [1.165, 1.54) is 0 Å². The van der Waals surface area contributed by atoms with E-state index in [0.717, 1.165) is 11.3 Å². The maximum absolute atomic E-state index is 11.7. The molecule has 5 heteroatoms. The number of carbonyl (C=O) groups is 1. The van der Waals surface area contributed by atoms with E-state index < -0.39 is 0 Å². The van der Waals surface area contributed by atoms with Crippen LogP contribution in [0.3, 0.4) is 0 Å². The van der Waals surface area contributed by atoms with Gasteiger partial charge in [0.1, 0.15) is 0 Å². The second-order valence-corrected chi connectivity index (χ2v) is 4.62. The summed E-state index contributed by atoms with van der Waals surface area (Å²) in [5, 5.41) is 6.44. The molecule has 1 aromatic carbocycles. The summed E-state index contributed by atoms with van der Waals surface area (Å²) in [6, 6.07) is 5.41. The molecular weight excluding hydrogens is 252 g/mol. The third-order valence-electron chi connectivity index (χ3n) is 2.59. The molecule has 0 radical (unpaired) electrons. The summed E-state index contributed by atoms with van der Waals surface area (Å²) in [7, 11) is 1.64. The van der Waals surface area contributed by atoms with Crippen LogP contribution in [0.1, 0.15) is 12.5 Å². The van der Waals surface area contributed by atoms with Crippen molar-refractivity contribution in [3.8, 4) is 0 Å². The van der Waals surface area contributed by atoms with E-state index >= 15 is 0 Å². The largest absolute Gasteiger partial charge is 0.380 e. The number of rotatable bonds is 6. The molecule has 0 fully saturated rings. The lowest BCUT2D eigenvalue weighted by molar-refractivity contribution is -0.115. The van der Waals surface area contributed by atoms with Crippen molar-refractivity contribution in [2.24, 2.45) is 0 Å². The maximum Gasteiger partial charge on any atom is 0.238 e. The van der Waals surface area contributed by atoms with Gasteiger partial charge < -0.3 is 15.4 Å². The van der Waals surface area contributed by atoms with Gasteiger partial charge in [0.15, 0.2) is 0 Å². The molecule has 0 heterocycles. The average molecular weight is 271 g/mol. The Morgan fingerprint density at radius 1 is 1.50 bits per heavy atom. The molecule has 0 spiro atoms. The van der Waals surface area contributed by atoms with Crippen LogP contribution < -0.4 is 10.6 Å². The van der Waals surface area contributed by atoms with Crippen molar-refractivity contribution in [3.05, 3.63) is 28.8 Å². The highest BCUT2D eigenvalue weighted by molar-refractivity contribution is 6.31. The third-order valence-corrected chi connectivity index (χ3v) is 2.83. The van der Waals surface area contributed by atoms with Crippen molar-refractivity contribution in [1.82, 2.24) is 5.32 Å². The Morgan fingerprint density at radius 2 is 2.22 bits per heavy atom. The molecule has 0 aliphatic carbocycles. The van der Waals surface area contributed by atoms with Crippen LogP contribution in [0, 0.1) is 6.92 Å². The summed E-state index contributed by atoms with van der Waals surface area (Å²) in [5.74, 6) is -0.0938. The molecule has 0 aliphatic rings. The Kier molecular flexibility index (Phi) is 6.12. The highest BCUT2D eigenvalue weighted by Gasteiger charge is 2.06. The van der Waals surface area contributed by atoms with Crippen molar-refractivity contribution in [1.29, 1.82) is 0 Å². The predicted molar refractivity (Wildman–Crippen MR) is 74.2 cm³/mol. The second kappa shape index (κ2) is 7.36. The molecule has 0 saturated carbocycles. The van der Waals surface area contributed by atoms with E-state index in [1.807, 2.05) is 19.9 Å². The number of halogens is 1. The Bertz CT molecular complexity index is 410. The molecule has 0 aliphatic heterocycles. The number of hydrogen-bond acceptors (Lipinski definition) is 3. The molecule has 1 rings (SSSR count). The Balaban J connectivity index is 2.42. The van der Waals surface area contributed by atoms with Crippen LogP contribution >= 0.6 is 11.6 Å². The summed E-state index contributed by atoms with van der Waals surface area (Å²) in [6.07, 6.45) is 0.0886. The number of methoxy groups -OCH3 is 1. The minimum absolute atomic E-state index is 0.0886. The molecule has 1 aromatic rings.